The molecule has 0 N–H and O–H groups in total. The van der Waals surface area contributed by atoms with E-state index in [1.54, 1.807) is 6.07 Å². The van der Waals surface area contributed by atoms with Gasteiger partial charge >= 0.3 is 0 Å². The standard InChI is InChI=1S/C20H24N4O3/c25-20(16-3-4-18-19(11-16)27-10-9-26-18)23-7-5-14(6-8-23)12-24-13-17(21-22-24)15-1-2-15/h3-4,11,13-15H,1-2,5-10,12H2. The first-order valence-electron chi connectivity index (χ1n) is 9.85. The third kappa shape index (κ3) is 3.50. The van der Waals surface area contributed by atoms with Crippen LogP contribution in [-0.4, -0.2) is 52.1 Å². The number of hydrogen-bond donors (Lipinski definition) is 0. The molecule has 5 rings (SSSR count). The van der Waals surface area contributed by atoms with E-state index in [-0.39, 0.29) is 5.91 Å². The highest BCUT2D eigenvalue weighted by atomic mass is 16.6. The molecule has 7 heteroatoms. The van der Waals surface area contributed by atoms with E-state index >= 15 is 0 Å². The number of carbonyl (C=O) groups is 1. The summed E-state index contributed by atoms with van der Waals surface area (Å²) in [6.07, 6.45) is 6.59. The van der Waals surface area contributed by atoms with Crippen molar-refractivity contribution in [1.29, 1.82) is 0 Å². The molecule has 7 nitrogen and oxygen atoms in total. The number of ether oxygens (including phenoxy) is 2. The summed E-state index contributed by atoms with van der Waals surface area (Å²) in [6, 6.07) is 5.46. The van der Waals surface area contributed by atoms with Gasteiger partial charge in [0.25, 0.3) is 5.91 Å². The molecule has 2 aliphatic heterocycles. The number of carbonyl (C=O) groups excluding carboxylic acids is 1. The van der Waals surface area contributed by atoms with E-state index in [1.165, 1.54) is 12.8 Å². The van der Waals surface area contributed by atoms with Crippen LogP contribution in [0, 0.1) is 5.92 Å². The molecule has 3 heterocycles. The fraction of sp³-hybridized carbons (Fsp3) is 0.550. The Hall–Kier alpha value is -2.57. The molecule has 142 valence electrons. The summed E-state index contributed by atoms with van der Waals surface area (Å²) < 4.78 is 13.1. The Balaban J connectivity index is 1.18. The summed E-state index contributed by atoms with van der Waals surface area (Å²) in [7, 11) is 0. The van der Waals surface area contributed by atoms with Crippen molar-refractivity contribution >= 4 is 5.91 Å². The Morgan fingerprint density at radius 1 is 1.07 bits per heavy atom. The first kappa shape index (κ1) is 16.6. The minimum atomic E-state index is 0.0715. The van der Waals surface area contributed by atoms with Gasteiger partial charge in [-0.3, -0.25) is 9.48 Å². The van der Waals surface area contributed by atoms with Crippen LogP contribution in [0.2, 0.25) is 0 Å². The van der Waals surface area contributed by atoms with Gasteiger partial charge in [-0.25, -0.2) is 0 Å². The number of nitrogens with zero attached hydrogens (tertiary/aromatic N) is 4. The largest absolute Gasteiger partial charge is 0.486 e. The molecule has 27 heavy (non-hydrogen) atoms. The van der Waals surface area contributed by atoms with Crippen LogP contribution >= 0.6 is 0 Å². The first-order chi connectivity index (χ1) is 13.3. The Bertz CT molecular complexity index is 838. The van der Waals surface area contributed by atoms with E-state index < -0.39 is 0 Å². The third-order valence-electron chi connectivity index (χ3n) is 5.69. The molecule has 0 unspecified atom stereocenters. The van der Waals surface area contributed by atoms with Gasteiger partial charge < -0.3 is 14.4 Å². The quantitative estimate of drug-likeness (QED) is 0.829. The molecule has 1 aromatic carbocycles. The second-order valence-corrected chi connectivity index (χ2v) is 7.73. The van der Waals surface area contributed by atoms with Crippen LogP contribution in [0.1, 0.15) is 47.7 Å². The van der Waals surface area contributed by atoms with E-state index in [0.717, 1.165) is 43.9 Å². The number of benzene rings is 1. The minimum Gasteiger partial charge on any atom is -0.486 e. The van der Waals surface area contributed by atoms with Crippen molar-refractivity contribution in [3.63, 3.8) is 0 Å². The molecule has 1 amide bonds. The zero-order valence-electron chi connectivity index (χ0n) is 15.3. The number of fused-ring (bicyclic) bond motifs is 1. The van der Waals surface area contributed by atoms with Crippen molar-refractivity contribution in [1.82, 2.24) is 19.9 Å². The highest BCUT2D eigenvalue weighted by Gasteiger charge is 2.28. The average molecular weight is 368 g/mol. The maximum absolute atomic E-state index is 12.8. The van der Waals surface area contributed by atoms with Crippen LogP contribution in [0.4, 0.5) is 0 Å². The molecule has 3 aliphatic rings. The van der Waals surface area contributed by atoms with Crippen molar-refractivity contribution < 1.29 is 14.3 Å². The molecule has 2 fully saturated rings. The van der Waals surface area contributed by atoms with Crippen molar-refractivity contribution in [2.45, 2.75) is 38.1 Å². The van der Waals surface area contributed by atoms with E-state index in [4.69, 9.17) is 9.47 Å². The van der Waals surface area contributed by atoms with Gasteiger partial charge in [-0.2, -0.15) is 0 Å². The van der Waals surface area contributed by atoms with Crippen LogP contribution in [0.5, 0.6) is 11.5 Å². The van der Waals surface area contributed by atoms with Crippen LogP contribution < -0.4 is 9.47 Å². The molecule has 2 aromatic rings. The first-order valence-corrected chi connectivity index (χ1v) is 9.85. The monoisotopic (exact) mass is 368 g/mol. The van der Waals surface area contributed by atoms with Crippen LogP contribution in [-0.2, 0) is 6.54 Å². The van der Waals surface area contributed by atoms with Gasteiger partial charge in [0.05, 0.1) is 5.69 Å². The molecule has 1 aliphatic carbocycles. The number of amides is 1. The Morgan fingerprint density at radius 2 is 1.85 bits per heavy atom. The Kier molecular flexibility index (Phi) is 4.22. The summed E-state index contributed by atoms with van der Waals surface area (Å²) in [5.74, 6) is 2.64. The van der Waals surface area contributed by atoms with Gasteiger partial charge in [0.15, 0.2) is 11.5 Å². The fourth-order valence-electron chi connectivity index (χ4n) is 3.91. The van der Waals surface area contributed by atoms with Crippen molar-refractivity contribution in [2.75, 3.05) is 26.3 Å². The second-order valence-electron chi connectivity index (χ2n) is 7.73. The lowest BCUT2D eigenvalue weighted by molar-refractivity contribution is 0.0680. The summed E-state index contributed by atoms with van der Waals surface area (Å²) in [6.45, 7) is 3.54. The number of aromatic nitrogens is 3. The lowest BCUT2D eigenvalue weighted by Crippen LogP contribution is -2.39. The fourth-order valence-corrected chi connectivity index (χ4v) is 3.91. The van der Waals surface area contributed by atoms with Gasteiger partial charge in [-0.1, -0.05) is 5.21 Å². The summed E-state index contributed by atoms with van der Waals surface area (Å²) in [4.78, 5) is 14.8. The van der Waals surface area contributed by atoms with Gasteiger partial charge in [-0.15, -0.1) is 5.10 Å². The predicted octanol–water partition coefficient (Wildman–Crippen LogP) is 2.48. The van der Waals surface area contributed by atoms with E-state index in [1.807, 2.05) is 21.7 Å². The zero-order valence-corrected chi connectivity index (χ0v) is 15.3. The molecule has 0 radical (unpaired) electrons. The number of likely N-dealkylation sites (tertiary alicyclic amines) is 1. The predicted molar refractivity (Wildman–Crippen MR) is 98.1 cm³/mol. The highest BCUT2D eigenvalue weighted by molar-refractivity contribution is 5.95. The molecular weight excluding hydrogens is 344 g/mol. The zero-order chi connectivity index (χ0) is 18.2. The van der Waals surface area contributed by atoms with E-state index in [2.05, 4.69) is 16.5 Å². The molecule has 1 saturated carbocycles. The van der Waals surface area contributed by atoms with Gasteiger partial charge in [0.2, 0.25) is 0 Å². The van der Waals surface area contributed by atoms with Crippen molar-refractivity contribution in [3.05, 3.63) is 35.7 Å². The average Bonchev–Trinajstić information content (AvgIpc) is 3.47. The Morgan fingerprint density at radius 3 is 2.63 bits per heavy atom. The topological polar surface area (TPSA) is 69.5 Å². The van der Waals surface area contributed by atoms with E-state index in [0.29, 0.717) is 36.4 Å². The third-order valence-corrected chi connectivity index (χ3v) is 5.69. The number of hydrogen-bond acceptors (Lipinski definition) is 5. The summed E-state index contributed by atoms with van der Waals surface area (Å²) in [5, 5.41) is 8.56. The van der Waals surface area contributed by atoms with Crippen LogP contribution in [0.3, 0.4) is 0 Å². The Labute approximate surface area is 158 Å². The number of piperidine rings is 1. The van der Waals surface area contributed by atoms with Crippen molar-refractivity contribution in [3.8, 4) is 11.5 Å². The van der Waals surface area contributed by atoms with Crippen LogP contribution in [0.15, 0.2) is 24.4 Å². The molecule has 1 aromatic heterocycles. The normalized spacial score (nSPS) is 19.9. The number of rotatable bonds is 4. The maximum atomic E-state index is 12.8. The van der Waals surface area contributed by atoms with Gasteiger partial charge in [0.1, 0.15) is 13.2 Å². The van der Waals surface area contributed by atoms with E-state index in [9.17, 15) is 4.79 Å². The summed E-state index contributed by atoms with van der Waals surface area (Å²) in [5.41, 5.74) is 1.81. The van der Waals surface area contributed by atoms with Crippen LogP contribution in [0.25, 0.3) is 0 Å². The SMILES string of the molecule is O=C(c1ccc2c(c1)OCCO2)N1CCC(Cn2cc(C3CC3)nn2)CC1. The lowest BCUT2D eigenvalue weighted by Gasteiger charge is -2.32. The summed E-state index contributed by atoms with van der Waals surface area (Å²) >= 11 is 0. The molecule has 1 saturated heterocycles. The van der Waals surface area contributed by atoms with Gasteiger partial charge in [-0.05, 0) is 49.8 Å². The molecule has 0 spiro atoms. The second kappa shape index (κ2) is 6.87. The molecular formula is C20H24N4O3. The molecule has 0 atom stereocenters. The smallest absolute Gasteiger partial charge is 0.253 e. The molecule has 0 bridgehead atoms. The lowest BCUT2D eigenvalue weighted by atomic mass is 9.96. The minimum absolute atomic E-state index is 0.0715. The van der Waals surface area contributed by atoms with Crippen molar-refractivity contribution in [2.24, 2.45) is 5.92 Å². The highest BCUT2D eigenvalue weighted by Crippen LogP contribution is 2.38. The maximum Gasteiger partial charge on any atom is 0.253 e. The van der Waals surface area contributed by atoms with Gasteiger partial charge in [0, 0.05) is 37.3 Å².